The molecule has 0 atom stereocenters. The fraction of sp³-hybridized carbons (Fsp3) is 0.125. The molecule has 0 spiro atoms. The summed E-state index contributed by atoms with van der Waals surface area (Å²) < 4.78 is 5.40. The van der Waals surface area contributed by atoms with E-state index in [0.717, 1.165) is 22.1 Å². The molecule has 0 unspecified atom stereocenters. The quantitative estimate of drug-likeness (QED) is 0.386. The maximum atomic E-state index is 11.3. The van der Waals surface area contributed by atoms with Gasteiger partial charge >= 0.3 is 5.88 Å². The van der Waals surface area contributed by atoms with E-state index in [1.807, 2.05) is 43.3 Å². The molecular formula is C16H12ClNO3. The van der Waals surface area contributed by atoms with Crippen molar-refractivity contribution in [2.24, 2.45) is 0 Å². The first kappa shape index (κ1) is 13.6. The first-order chi connectivity index (χ1) is 10.1. The highest BCUT2D eigenvalue weighted by Crippen LogP contribution is 2.40. The smallest absolute Gasteiger partial charge is 0.400 e. The number of rotatable bonds is 3. The summed E-state index contributed by atoms with van der Waals surface area (Å²) in [4.78, 5) is 10.8. The van der Waals surface area contributed by atoms with E-state index < -0.39 is 4.92 Å². The summed E-state index contributed by atoms with van der Waals surface area (Å²) in [5.41, 5.74) is 3.77. The molecule has 5 heteroatoms. The molecule has 0 aliphatic rings. The van der Waals surface area contributed by atoms with Crippen LogP contribution in [-0.4, -0.2) is 4.92 Å². The SMILES string of the molecule is Cc1ccc2oc([N+](=O)[O-])c(-c3ccc(CCl)cc3)c2c1. The van der Waals surface area contributed by atoms with Crippen LogP contribution >= 0.6 is 11.6 Å². The van der Waals surface area contributed by atoms with Crippen molar-refractivity contribution >= 4 is 28.5 Å². The number of hydrogen-bond acceptors (Lipinski definition) is 3. The standard InChI is InChI=1S/C16H12ClNO3/c1-10-2-7-14-13(8-10)15(16(21-14)18(19)20)12-5-3-11(9-17)4-6-12/h2-8H,9H2,1H3. The predicted octanol–water partition coefficient (Wildman–Crippen LogP) is 5.06. The summed E-state index contributed by atoms with van der Waals surface area (Å²) in [5, 5.41) is 12.0. The first-order valence-corrected chi connectivity index (χ1v) is 6.96. The molecule has 0 radical (unpaired) electrons. The van der Waals surface area contributed by atoms with Gasteiger partial charge in [0.05, 0.1) is 0 Å². The summed E-state index contributed by atoms with van der Waals surface area (Å²) in [6.07, 6.45) is 0. The average molecular weight is 302 g/mol. The monoisotopic (exact) mass is 301 g/mol. The Balaban J connectivity index is 2.29. The fourth-order valence-electron chi connectivity index (χ4n) is 2.37. The minimum absolute atomic E-state index is 0.228. The van der Waals surface area contributed by atoms with Crippen LogP contribution in [0.4, 0.5) is 5.88 Å². The summed E-state index contributed by atoms with van der Waals surface area (Å²) in [7, 11) is 0. The molecular weight excluding hydrogens is 290 g/mol. The Morgan fingerprint density at radius 2 is 1.90 bits per heavy atom. The second kappa shape index (κ2) is 5.22. The van der Waals surface area contributed by atoms with Gasteiger partial charge in [0, 0.05) is 11.3 Å². The molecule has 0 amide bonds. The van der Waals surface area contributed by atoms with Crippen molar-refractivity contribution in [2.45, 2.75) is 12.8 Å². The largest absolute Gasteiger partial charge is 0.442 e. The van der Waals surface area contributed by atoms with Gasteiger partial charge in [-0.15, -0.1) is 11.6 Å². The summed E-state index contributed by atoms with van der Waals surface area (Å²) in [6.45, 7) is 1.94. The average Bonchev–Trinajstić information content (AvgIpc) is 2.86. The molecule has 0 aliphatic carbocycles. The molecule has 0 aliphatic heterocycles. The van der Waals surface area contributed by atoms with Crippen molar-refractivity contribution in [1.82, 2.24) is 0 Å². The van der Waals surface area contributed by atoms with Gasteiger partial charge in [-0.3, -0.25) is 10.1 Å². The topological polar surface area (TPSA) is 56.3 Å². The van der Waals surface area contributed by atoms with E-state index in [0.29, 0.717) is 17.0 Å². The number of benzene rings is 2. The van der Waals surface area contributed by atoms with Crippen LogP contribution in [0.15, 0.2) is 46.9 Å². The van der Waals surface area contributed by atoms with Crippen LogP contribution in [0.3, 0.4) is 0 Å². The van der Waals surface area contributed by atoms with Gasteiger partial charge in [-0.1, -0.05) is 35.9 Å². The number of halogens is 1. The summed E-state index contributed by atoms with van der Waals surface area (Å²) >= 11 is 5.77. The Bertz CT molecular complexity index is 821. The maximum absolute atomic E-state index is 11.3. The van der Waals surface area contributed by atoms with E-state index in [2.05, 4.69) is 0 Å². The van der Waals surface area contributed by atoms with Crippen LogP contribution < -0.4 is 0 Å². The van der Waals surface area contributed by atoms with Gasteiger partial charge in [-0.25, -0.2) is 0 Å². The zero-order valence-electron chi connectivity index (χ0n) is 11.3. The van der Waals surface area contributed by atoms with Crippen molar-refractivity contribution in [2.75, 3.05) is 0 Å². The van der Waals surface area contributed by atoms with E-state index >= 15 is 0 Å². The Hall–Kier alpha value is -2.33. The summed E-state index contributed by atoms with van der Waals surface area (Å²) in [5.74, 6) is 0.183. The van der Waals surface area contributed by atoms with E-state index in [9.17, 15) is 10.1 Å². The van der Waals surface area contributed by atoms with Gasteiger partial charge in [0.1, 0.15) is 16.1 Å². The molecule has 3 aromatic rings. The van der Waals surface area contributed by atoms with Crippen molar-refractivity contribution in [3.63, 3.8) is 0 Å². The van der Waals surface area contributed by atoms with Crippen LogP contribution in [0.25, 0.3) is 22.1 Å². The van der Waals surface area contributed by atoms with Gasteiger partial charge in [0.25, 0.3) is 0 Å². The zero-order valence-corrected chi connectivity index (χ0v) is 12.1. The molecule has 2 aromatic carbocycles. The minimum atomic E-state index is -0.486. The van der Waals surface area contributed by atoms with Gasteiger partial charge < -0.3 is 4.42 Å². The summed E-state index contributed by atoms with van der Waals surface area (Å²) in [6, 6.07) is 12.9. The lowest BCUT2D eigenvalue weighted by atomic mass is 10.0. The fourth-order valence-corrected chi connectivity index (χ4v) is 2.54. The molecule has 106 valence electrons. The van der Waals surface area contributed by atoms with E-state index in [1.54, 1.807) is 6.07 Å². The third-order valence-electron chi connectivity index (χ3n) is 3.39. The molecule has 0 bridgehead atoms. The molecule has 0 saturated heterocycles. The lowest BCUT2D eigenvalue weighted by Gasteiger charge is -2.01. The number of furan rings is 1. The second-order valence-corrected chi connectivity index (χ2v) is 5.14. The minimum Gasteiger partial charge on any atom is -0.400 e. The Labute approximate surface area is 126 Å². The molecule has 0 saturated carbocycles. The number of aryl methyl sites for hydroxylation is 1. The number of alkyl halides is 1. The number of nitro groups is 1. The van der Waals surface area contributed by atoms with Crippen molar-refractivity contribution in [3.8, 4) is 11.1 Å². The highest BCUT2D eigenvalue weighted by atomic mass is 35.5. The van der Waals surface area contributed by atoms with Gasteiger partial charge in [0.15, 0.2) is 0 Å². The number of hydrogen-bond donors (Lipinski definition) is 0. The normalized spacial score (nSPS) is 11.0. The van der Waals surface area contributed by atoms with Crippen molar-refractivity contribution < 1.29 is 9.34 Å². The molecule has 3 rings (SSSR count). The van der Waals surface area contributed by atoms with E-state index in [1.165, 1.54) is 0 Å². The Morgan fingerprint density at radius 1 is 1.19 bits per heavy atom. The van der Waals surface area contributed by atoms with E-state index in [4.69, 9.17) is 16.0 Å². The van der Waals surface area contributed by atoms with Crippen LogP contribution in [0.2, 0.25) is 0 Å². The van der Waals surface area contributed by atoms with Gasteiger partial charge in [-0.05, 0) is 30.2 Å². The Kier molecular flexibility index (Phi) is 3.39. The predicted molar refractivity (Wildman–Crippen MR) is 82.6 cm³/mol. The van der Waals surface area contributed by atoms with Crippen molar-refractivity contribution in [1.29, 1.82) is 0 Å². The zero-order chi connectivity index (χ0) is 15.0. The molecule has 0 N–H and O–H groups in total. The van der Waals surface area contributed by atoms with Crippen LogP contribution in [0.1, 0.15) is 11.1 Å². The molecule has 1 heterocycles. The van der Waals surface area contributed by atoms with Gasteiger partial charge in [-0.2, -0.15) is 0 Å². The lowest BCUT2D eigenvalue weighted by molar-refractivity contribution is -0.400. The molecule has 1 aromatic heterocycles. The highest BCUT2D eigenvalue weighted by molar-refractivity contribution is 6.17. The van der Waals surface area contributed by atoms with Gasteiger partial charge in [0.2, 0.25) is 0 Å². The second-order valence-electron chi connectivity index (χ2n) is 4.87. The lowest BCUT2D eigenvalue weighted by Crippen LogP contribution is -1.88. The number of nitrogens with zero attached hydrogens (tertiary/aromatic N) is 1. The van der Waals surface area contributed by atoms with Crippen molar-refractivity contribution in [3.05, 3.63) is 63.7 Å². The maximum Gasteiger partial charge on any atom is 0.442 e. The van der Waals surface area contributed by atoms with Crippen LogP contribution in [0, 0.1) is 17.0 Å². The molecule has 21 heavy (non-hydrogen) atoms. The number of fused-ring (bicyclic) bond motifs is 1. The highest BCUT2D eigenvalue weighted by Gasteiger charge is 2.25. The van der Waals surface area contributed by atoms with Crippen LogP contribution in [-0.2, 0) is 5.88 Å². The third kappa shape index (κ3) is 2.38. The Morgan fingerprint density at radius 3 is 2.52 bits per heavy atom. The van der Waals surface area contributed by atoms with E-state index in [-0.39, 0.29) is 5.88 Å². The third-order valence-corrected chi connectivity index (χ3v) is 3.70. The molecule has 0 fully saturated rings. The first-order valence-electron chi connectivity index (χ1n) is 6.43. The van der Waals surface area contributed by atoms with Crippen LogP contribution in [0.5, 0.6) is 0 Å². The molecule has 4 nitrogen and oxygen atoms in total.